The number of carbonyl (C=O) groups excluding carboxylic acids is 1. The van der Waals surface area contributed by atoms with Crippen molar-refractivity contribution >= 4 is 23.5 Å². The van der Waals surface area contributed by atoms with E-state index in [0.29, 0.717) is 6.42 Å². The van der Waals surface area contributed by atoms with Gasteiger partial charge in [0.05, 0.1) is 6.21 Å². The van der Waals surface area contributed by atoms with Crippen molar-refractivity contribution in [3.8, 4) is 0 Å². The summed E-state index contributed by atoms with van der Waals surface area (Å²) in [6.45, 7) is 0. The first-order valence-corrected chi connectivity index (χ1v) is 7.58. The fraction of sp³-hybridized carbons (Fsp3) is 0.571. The highest BCUT2D eigenvalue weighted by molar-refractivity contribution is 7.11. The first-order chi connectivity index (χ1) is 8.84. The van der Waals surface area contributed by atoms with Gasteiger partial charge in [-0.25, -0.2) is 5.43 Å². The van der Waals surface area contributed by atoms with Crippen molar-refractivity contribution in [2.24, 2.45) is 11.0 Å². The number of carbonyl (C=O) groups is 1. The molecular formula is C14H20N2OS. The second-order valence-electron chi connectivity index (χ2n) is 4.85. The molecule has 1 N–H and O–H groups in total. The van der Waals surface area contributed by atoms with E-state index in [-0.39, 0.29) is 5.91 Å². The van der Waals surface area contributed by atoms with Gasteiger partial charge in [-0.05, 0) is 23.8 Å². The lowest BCUT2D eigenvalue weighted by atomic mass is 9.86. The largest absolute Gasteiger partial charge is 0.273 e. The molecular weight excluding hydrogens is 244 g/mol. The molecule has 1 aliphatic rings. The van der Waals surface area contributed by atoms with Gasteiger partial charge in [0.25, 0.3) is 0 Å². The van der Waals surface area contributed by atoms with Gasteiger partial charge in [0.15, 0.2) is 0 Å². The molecule has 0 atom stereocenters. The van der Waals surface area contributed by atoms with Gasteiger partial charge in [0, 0.05) is 11.3 Å². The van der Waals surface area contributed by atoms with Gasteiger partial charge in [-0.2, -0.15) is 5.10 Å². The van der Waals surface area contributed by atoms with Crippen LogP contribution >= 0.6 is 11.3 Å². The van der Waals surface area contributed by atoms with Crippen molar-refractivity contribution in [3.63, 3.8) is 0 Å². The van der Waals surface area contributed by atoms with Gasteiger partial charge in [0.2, 0.25) is 5.91 Å². The maximum absolute atomic E-state index is 11.6. The first kappa shape index (κ1) is 13.3. The molecule has 0 aromatic carbocycles. The van der Waals surface area contributed by atoms with E-state index in [1.807, 2.05) is 17.5 Å². The number of nitrogens with one attached hydrogen (secondary N) is 1. The van der Waals surface area contributed by atoms with Crippen molar-refractivity contribution in [1.29, 1.82) is 0 Å². The molecule has 0 aliphatic heterocycles. The number of hydrazone groups is 1. The van der Waals surface area contributed by atoms with Crippen LogP contribution in [0.15, 0.2) is 22.6 Å². The number of amides is 1. The standard InChI is InChI=1S/C14H20N2OS/c17-14(9-8-12-5-2-1-3-6-12)16-15-11-13-7-4-10-18-13/h4,7,10-12H,1-3,5-6,8-9H2,(H,16,17). The number of rotatable bonds is 5. The molecule has 0 saturated heterocycles. The quantitative estimate of drug-likeness (QED) is 0.641. The van der Waals surface area contributed by atoms with Crippen LogP contribution in [0.4, 0.5) is 0 Å². The Hall–Kier alpha value is -1.16. The molecule has 98 valence electrons. The summed E-state index contributed by atoms with van der Waals surface area (Å²) in [4.78, 5) is 12.7. The summed E-state index contributed by atoms with van der Waals surface area (Å²) in [5.74, 6) is 0.791. The van der Waals surface area contributed by atoms with Gasteiger partial charge < -0.3 is 0 Å². The third-order valence-corrected chi connectivity index (χ3v) is 4.24. The van der Waals surface area contributed by atoms with E-state index in [4.69, 9.17) is 0 Å². The van der Waals surface area contributed by atoms with E-state index < -0.39 is 0 Å². The smallest absolute Gasteiger partial charge is 0.240 e. The summed E-state index contributed by atoms with van der Waals surface area (Å²) in [6.07, 6.45) is 9.95. The summed E-state index contributed by atoms with van der Waals surface area (Å²) in [5, 5.41) is 5.96. The van der Waals surface area contributed by atoms with Crippen LogP contribution in [0.5, 0.6) is 0 Å². The monoisotopic (exact) mass is 264 g/mol. The van der Waals surface area contributed by atoms with E-state index in [0.717, 1.165) is 17.2 Å². The number of hydrogen-bond acceptors (Lipinski definition) is 3. The Morgan fingerprint density at radius 1 is 1.44 bits per heavy atom. The fourth-order valence-corrected chi connectivity index (χ4v) is 2.98. The SMILES string of the molecule is O=C(CCC1CCCCC1)NN=Cc1cccs1. The maximum atomic E-state index is 11.6. The molecule has 1 heterocycles. The second kappa shape index (κ2) is 7.31. The minimum atomic E-state index is 0.0355. The fourth-order valence-electron chi connectivity index (χ4n) is 2.40. The van der Waals surface area contributed by atoms with Crippen molar-refractivity contribution < 1.29 is 4.79 Å². The van der Waals surface area contributed by atoms with Crippen molar-refractivity contribution in [2.75, 3.05) is 0 Å². The van der Waals surface area contributed by atoms with E-state index in [1.165, 1.54) is 32.1 Å². The van der Waals surface area contributed by atoms with Crippen LogP contribution in [0, 0.1) is 5.92 Å². The Bertz CT molecular complexity index is 381. The van der Waals surface area contributed by atoms with Gasteiger partial charge in [-0.3, -0.25) is 4.79 Å². The summed E-state index contributed by atoms with van der Waals surface area (Å²) >= 11 is 1.61. The molecule has 1 fully saturated rings. The first-order valence-electron chi connectivity index (χ1n) is 6.70. The average molecular weight is 264 g/mol. The Morgan fingerprint density at radius 3 is 3.00 bits per heavy atom. The molecule has 0 unspecified atom stereocenters. The van der Waals surface area contributed by atoms with E-state index in [2.05, 4.69) is 10.5 Å². The second-order valence-corrected chi connectivity index (χ2v) is 5.83. The lowest BCUT2D eigenvalue weighted by Gasteiger charge is -2.20. The maximum Gasteiger partial charge on any atom is 0.240 e. The van der Waals surface area contributed by atoms with Gasteiger partial charge in [-0.1, -0.05) is 38.2 Å². The predicted molar refractivity (Wildman–Crippen MR) is 75.9 cm³/mol. The van der Waals surface area contributed by atoms with Gasteiger partial charge in [-0.15, -0.1) is 11.3 Å². The molecule has 18 heavy (non-hydrogen) atoms. The van der Waals surface area contributed by atoms with Crippen molar-refractivity contribution in [2.45, 2.75) is 44.9 Å². The predicted octanol–water partition coefficient (Wildman–Crippen LogP) is 3.56. The van der Waals surface area contributed by atoms with E-state index in [1.54, 1.807) is 17.6 Å². The molecule has 1 amide bonds. The zero-order valence-electron chi connectivity index (χ0n) is 10.6. The minimum Gasteiger partial charge on any atom is -0.273 e. The Morgan fingerprint density at radius 2 is 2.28 bits per heavy atom. The van der Waals surface area contributed by atoms with E-state index in [9.17, 15) is 4.79 Å². The van der Waals surface area contributed by atoms with E-state index >= 15 is 0 Å². The molecule has 0 bridgehead atoms. The Balaban J connectivity index is 1.62. The Kier molecular flexibility index (Phi) is 5.39. The number of thiophene rings is 1. The molecule has 1 saturated carbocycles. The highest BCUT2D eigenvalue weighted by Crippen LogP contribution is 2.27. The summed E-state index contributed by atoms with van der Waals surface area (Å²) in [5.41, 5.74) is 2.60. The summed E-state index contributed by atoms with van der Waals surface area (Å²) < 4.78 is 0. The summed E-state index contributed by atoms with van der Waals surface area (Å²) in [6, 6.07) is 3.94. The highest BCUT2D eigenvalue weighted by atomic mass is 32.1. The third-order valence-electron chi connectivity index (χ3n) is 3.43. The highest BCUT2D eigenvalue weighted by Gasteiger charge is 2.14. The molecule has 2 rings (SSSR count). The zero-order valence-corrected chi connectivity index (χ0v) is 11.4. The van der Waals surface area contributed by atoms with Crippen LogP contribution in [-0.2, 0) is 4.79 Å². The van der Waals surface area contributed by atoms with Crippen LogP contribution in [0.2, 0.25) is 0 Å². The van der Waals surface area contributed by atoms with Crippen LogP contribution < -0.4 is 5.43 Å². The molecule has 3 nitrogen and oxygen atoms in total. The number of nitrogens with zero attached hydrogens (tertiary/aromatic N) is 1. The van der Waals surface area contributed by atoms with Gasteiger partial charge >= 0.3 is 0 Å². The van der Waals surface area contributed by atoms with Crippen molar-refractivity contribution in [1.82, 2.24) is 5.43 Å². The molecule has 1 aliphatic carbocycles. The molecule has 0 radical (unpaired) electrons. The number of hydrogen-bond donors (Lipinski definition) is 1. The van der Waals surface area contributed by atoms with Gasteiger partial charge in [0.1, 0.15) is 0 Å². The molecule has 0 spiro atoms. The third kappa shape index (κ3) is 4.61. The van der Waals surface area contributed by atoms with Crippen LogP contribution in [0.1, 0.15) is 49.8 Å². The lowest BCUT2D eigenvalue weighted by molar-refractivity contribution is -0.121. The van der Waals surface area contributed by atoms with Crippen LogP contribution in [0.3, 0.4) is 0 Å². The lowest BCUT2D eigenvalue weighted by Crippen LogP contribution is -2.19. The Labute approximate surface area is 112 Å². The van der Waals surface area contributed by atoms with Crippen LogP contribution in [0.25, 0.3) is 0 Å². The molecule has 1 aromatic heterocycles. The van der Waals surface area contributed by atoms with Crippen molar-refractivity contribution in [3.05, 3.63) is 22.4 Å². The zero-order chi connectivity index (χ0) is 12.6. The van der Waals surface area contributed by atoms with Crippen LogP contribution in [-0.4, -0.2) is 12.1 Å². The summed E-state index contributed by atoms with van der Waals surface area (Å²) in [7, 11) is 0. The molecule has 4 heteroatoms. The minimum absolute atomic E-state index is 0.0355. The molecule has 1 aromatic rings. The normalized spacial score (nSPS) is 17.1. The average Bonchev–Trinajstić information content (AvgIpc) is 2.91. The topological polar surface area (TPSA) is 41.5 Å².